The molecule has 8 heteroatoms. The lowest BCUT2D eigenvalue weighted by Gasteiger charge is -2.13. The SMILES string of the molecule is Cc1ccc(NS(=O)(=O)c2ccc(OCC(=O)Nc3cc(F)ccc3C)c(C)c2)cc1. The predicted molar refractivity (Wildman–Crippen MR) is 118 cm³/mol. The molecular weight excluding hydrogens is 419 g/mol. The molecule has 2 N–H and O–H groups in total. The number of hydrogen-bond donors (Lipinski definition) is 2. The van der Waals surface area contributed by atoms with E-state index in [1.165, 1.54) is 30.3 Å². The Morgan fingerprint density at radius 2 is 1.65 bits per heavy atom. The molecule has 3 aromatic carbocycles. The Labute approximate surface area is 181 Å². The first kappa shape index (κ1) is 22.3. The number of sulfonamides is 1. The van der Waals surface area contributed by atoms with Gasteiger partial charge in [-0.2, -0.15) is 0 Å². The Morgan fingerprint density at radius 3 is 2.32 bits per heavy atom. The highest BCUT2D eigenvalue weighted by atomic mass is 32.2. The van der Waals surface area contributed by atoms with Crippen molar-refractivity contribution in [1.29, 1.82) is 0 Å². The average Bonchev–Trinajstić information content (AvgIpc) is 2.71. The Hall–Kier alpha value is -3.39. The first-order valence-electron chi connectivity index (χ1n) is 9.53. The van der Waals surface area contributed by atoms with Crippen LogP contribution in [0.1, 0.15) is 16.7 Å². The van der Waals surface area contributed by atoms with Crippen molar-refractivity contribution >= 4 is 27.3 Å². The van der Waals surface area contributed by atoms with Crippen LogP contribution in [0, 0.1) is 26.6 Å². The van der Waals surface area contributed by atoms with Gasteiger partial charge in [0.05, 0.1) is 4.90 Å². The maximum Gasteiger partial charge on any atom is 0.262 e. The van der Waals surface area contributed by atoms with Gasteiger partial charge in [0, 0.05) is 11.4 Å². The Morgan fingerprint density at radius 1 is 0.935 bits per heavy atom. The molecule has 0 fully saturated rings. The smallest absolute Gasteiger partial charge is 0.262 e. The monoisotopic (exact) mass is 442 g/mol. The van der Waals surface area contributed by atoms with E-state index >= 15 is 0 Å². The molecule has 0 unspecified atom stereocenters. The van der Waals surface area contributed by atoms with Crippen LogP contribution in [-0.2, 0) is 14.8 Å². The van der Waals surface area contributed by atoms with Crippen molar-refractivity contribution in [2.24, 2.45) is 0 Å². The van der Waals surface area contributed by atoms with Gasteiger partial charge in [-0.15, -0.1) is 0 Å². The molecule has 0 aliphatic carbocycles. The van der Waals surface area contributed by atoms with Crippen molar-refractivity contribution in [3.05, 3.63) is 83.2 Å². The fourth-order valence-electron chi connectivity index (χ4n) is 2.85. The molecule has 1 amide bonds. The van der Waals surface area contributed by atoms with E-state index in [2.05, 4.69) is 10.0 Å². The van der Waals surface area contributed by atoms with Gasteiger partial charge in [-0.1, -0.05) is 23.8 Å². The highest BCUT2D eigenvalue weighted by molar-refractivity contribution is 7.92. The zero-order valence-corrected chi connectivity index (χ0v) is 18.2. The van der Waals surface area contributed by atoms with Crippen molar-refractivity contribution in [1.82, 2.24) is 0 Å². The number of amides is 1. The minimum absolute atomic E-state index is 0.0813. The van der Waals surface area contributed by atoms with Gasteiger partial charge in [-0.25, -0.2) is 12.8 Å². The summed E-state index contributed by atoms with van der Waals surface area (Å²) in [7, 11) is -3.77. The summed E-state index contributed by atoms with van der Waals surface area (Å²) in [6, 6.07) is 15.5. The van der Waals surface area contributed by atoms with E-state index in [9.17, 15) is 17.6 Å². The van der Waals surface area contributed by atoms with Gasteiger partial charge in [0.15, 0.2) is 6.61 Å². The largest absolute Gasteiger partial charge is 0.483 e. The molecular formula is C23H23FN2O4S. The molecule has 0 bridgehead atoms. The van der Waals surface area contributed by atoms with Crippen LogP contribution in [-0.4, -0.2) is 20.9 Å². The summed E-state index contributed by atoms with van der Waals surface area (Å²) in [6.07, 6.45) is 0. The van der Waals surface area contributed by atoms with E-state index in [0.717, 1.165) is 11.1 Å². The molecule has 0 aliphatic heterocycles. The van der Waals surface area contributed by atoms with Crippen LogP contribution < -0.4 is 14.8 Å². The number of aryl methyl sites for hydroxylation is 3. The van der Waals surface area contributed by atoms with E-state index in [1.807, 2.05) is 19.1 Å². The second-order valence-electron chi connectivity index (χ2n) is 7.19. The maximum absolute atomic E-state index is 13.4. The lowest BCUT2D eigenvalue weighted by Crippen LogP contribution is -2.21. The lowest BCUT2D eigenvalue weighted by molar-refractivity contribution is -0.118. The summed E-state index contributed by atoms with van der Waals surface area (Å²) in [6.45, 7) is 5.06. The summed E-state index contributed by atoms with van der Waals surface area (Å²) < 4.78 is 46.7. The van der Waals surface area contributed by atoms with Crippen LogP contribution in [0.4, 0.5) is 15.8 Å². The third kappa shape index (κ3) is 5.82. The van der Waals surface area contributed by atoms with E-state index < -0.39 is 21.7 Å². The number of anilines is 2. The molecule has 0 aliphatic rings. The van der Waals surface area contributed by atoms with E-state index in [0.29, 0.717) is 22.7 Å². The number of carbonyl (C=O) groups is 1. The number of benzene rings is 3. The fourth-order valence-corrected chi connectivity index (χ4v) is 3.99. The van der Waals surface area contributed by atoms with Crippen LogP contribution >= 0.6 is 0 Å². The summed E-state index contributed by atoms with van der Waals surface area (Å²) >= 11 is 0. The van der Waals surface area contributed by atoms with E-state index in [1.54, 1.807) is 32.0 Å². The molecule has 0 aromatic heterocycles. The molecule has 162 valence electrons. The molecule has 31 heavy (non-hydrogen) atoms. The Kier molecular flexibility index (Phi) is 6.60. The maximum atomic E-state index is 13.4. The molecule has 0 saturated heterocycles. The molecule has 6 nitrogen and oxygen atoms in total. The van der Waals surface area contributed by atoms with Crippen LogP contribution in [0.25, 0.3) is 0 Å². The average molecular weight is 443 g/mol. The number of nitrogens with one attached hydrogen (secondary N) is 2. The van der Waals surface area contributed by atoms with Gasteiger partial charge in [-0.3, -0.25) is 9.52 Å². The third-order valence-corrected chi connectivity index (χ3v) is 5.97. The molecule has 3 rings (SSSR count). The standard InChI is InChI=1S/C23H23FN2O4S/c1-15-4-8-19(9-5-15)26-31(28,29)20-10-11-22(17(3)12-20)30-14-23(27)25-21-13-18(24)7-6-16(21)2/h4-13,26H,14H2,1-3H3,(H,25,27). The number of hydrogen-bond acceptors (Lipinski definition) is 4. The van der Waals surface area contributed by atoms with Crippen molar-refractivity contribution in [2.75, 3.05) is 16.6 Å². The zero-order valence-electron chi connectivity index (χ0n) is 17.4. The third-order valence-electron chi connectivity index (χ3n) is 4.59. The van der Waals surface area contributed by atoms with Crippen LogP contribution in [0.3, 0.4) is 0 Å². The normalized spacial score (nSPS) is 11.1. The molecule has 0 radical (unpaired) electrons. The minimum atomic E-state index is -3.77. The van der Waals surface area contributed by atoms with Crippen molar-refractivity contribution < 1.29 is 22.3 Å². The predicted octanol–water partition coefficient (Wildman–Crippen LogP) is 4.57. The minimum Gasteiger partial charge on any atom is -0.483 e. The summed E-state index contributed by atoms with van der Waals surface area (Å²) in [4.78, 5) is 12.2. The topological polar surface area (TPSA) is 84.5 Å². The zero-order chi connectivity index (χ0) is 22.6. The highest BCUT2D eigenvalue weighted by Gasteiger charge is 2.16. The van der Waals surface area contributed by atoms with Crippen LogP contribution in [0.2, 0.25) is 0 Å². The van der Waals surface area contributed by atoms with E-state index in [-0.39, 0.29) is 11.5 Å². The van der Waals surface area contributed by atoms with Crippen molar-refractivity contribution in [3.8, 4) is 5.75 Å². The molecule has 0 saturated carbocycles. The second-order valence-corrected chi connectivity index (χ2v) is 8.88. The number of rotatable bonds is 7. The summed E-state index contributed by atoms with van der Waals surface area (Å²) in [5.74, 6) is -0.528. The summed E-state index contributed by atoms with van der Waals surface area (Å²) in [5, 5.41) is 2.60. The Bertz CT molecular complexity index is 1210. The van der Waals surface area contributed by atoms with Gasteiger partial charge in [0.25, 0.3) is 15.9 Å². The second kappa shape index (κ2) is 9.18. The van der Waals surface area contributed by atoms with Gasteiger partial charge in [0.2, 0.25) is 0 Å². The molecule has 0 spiro atoms. The molecule has 3 aromatic rings. The highest BCUT2D eigenvalue weighted by Crippen LogP contribution is 2.24. The van der Waals surface area contributed by atoms with Crippen LogP contribution in [0.15, 0.2) is 65.6 Å². The van der Waals surface area contributed by atoms with Crippen molar-refractivity contribution in [3.63, 3.8) is 0 Å². The summed E-state index contributed by atoms with van der Waals surface area (Å²) in [5.41, 5.74) is 3.14. The van der Waals surface area contributed by atoms with Crippen LogP contribution in [0.5, 0.6) is 5.75 Å². The first-order valence-corrected chi connectivity index (χ1v) is 11.0. The fraction of sp³-hybridized carbons (Fsp3) is 0.174. The van der Waals surface area contributed by atoms with Gasteiger partial charge < -0.3 is 10.1 Å². The molecule has 0 heterocycles. The molecule has 0 atom stereocenters. The van der Waals surface area contributed by atoms with Gasteiger partial charge in [-0.05, 0) is 74.4 Å². The van der Waals surface area contributed by atoms with E-state index in [4.69, 9.17) is 4.74 Å². The first-order chi connectivity index (χ1) is 14.6. The van der Waals surface area contributed by atoms with Crippen molar-refractivity contribution in [2.45, 2.75) is 25.7 Å². The van der Waals surface area contributed by atoms with Gasteiger partial charge in [0.1, 0.15) is 11.6 Å². The number of ether oxygens (including phenoxy) is 1. The lowest BCUT2D eigenvalue weighted by atomic mass is 10.2. The Balaban J connectivity index is 1.65. The number of halogens is 1. The number of carbonyl (C=O) groups excluding carboxylic acids is 1. The quantitative estimate of drug-likeness (QED) is 0.561. The van der Waals surface area contributed by atoms with Gasteiger partial charge >= 0.3 is 0 Å².